The lowest BCUT2D eigenvalue weighted by Gasteiger charge is -2.12. The molecule has 0 bridgehead atoms. The van der Waals surface area contributed by atoms with E-state index in [0.29, 0.717) is 18.5 Å². The summed E-state index contributed by atoms with van der Waals surface area (Å²) in [6.07, 6.45) is 2.49. The molecule has 2 rings (SSSR count). The fourth-order valence-corrected chi connectivity index (χ4v) is 2.50. The van der Waals surface area contributed by atoms with Crippen molar-refractivity contribution >= 4 is 22.8 Å². The van der Waals surface area contributed by atoms with Gasteiger partial charge < -0.3 is 15.4 Å². The minimum absolute atomic E-state index is 0.322. The van der Waals surface area contributed by atoms with Gasteiger partial charge in [-0.25, -0.2) is 4.79 Å². The summed E-state index contributed by atoms with van der Waals surface area (Å²) < 4.78 is 0. The van der Waals surface area contributed by atoms with Crippen molar-refractivity contribution in [1.82, 2.24) is 10.3 Å². The maximum Gasteiger partial charge on any atom is 0.326 e. The van der Waals surface area contributed by atoms with Crippen LogP contribution in [0.15, 0.2) is 30.9 Å². The van der Waals surface area contributed by atoms with Crippen LogP contribution in [-0.2, 0) is 4.79 Å². The molecular formula is C17H20N2O3. The topological polar surface area (TPSA) is 82.2 Å². The molecule has 0 saturated carbocycles. The Morgan fingerprint density at radius 2 is 2.09 bits per heavy atom. The SMILES string of the molecule is C=CCCC(NC(=O)c1cc2c(C)cc(C)cc2[nH]1)C(=O)O. The molecule has 0 aliphatic carbocycles. The highest BCUT2D eigenvalue weighted by atomic mass is 16.4. The third-order valence-electron chi connectivity index (χ3n) is 3.60. The summed E-state index contributed by atoms with van der Waals surface area (Å²) in [4.78, 5) is 26.5. The first-order valence-corrected chi connectivity index (χ1v) is 7.17. The van der Waals surface area contributed by atoms with Gasteiger partial charge in [-0.3, -0.25) is 4.79 Å². The molecule has 0 fully saturated rings. The summed E-state index contributed by atoms with van der Waals surface area (Å²) >= 11 is 0. The predicted molar refractivity (Wildman–Crippen MR) is 86.1 cm³/mol. The van der Waals surface area contributed by atoms with E-state index in [1.807, 2.05) is 26.0 Å². The number of nitrogens with one attached hydrogen (secondary N) is 2. The average molecular weight is 300 g/mol. The van der Waals surface area contributed by atoms with Crippen LogP contribution < -0.4 is 5.32 Å². The van der Waals surface area contributed by atoms with Crippen LogP contribution in [0.2, 0.25) is 0 Å². The molecule has 1 heterocycles. The minimum atomic E-state index is -1.04. The molecule has 5 nitrogen and oxygen atoms in total. The Kier molecular flexibility index (Phi) is 4.65. The average Bonchev–Trinajstić information content (AvgIpc) is 2.87. The van der Waals surface area contributed by atoms with Gasteiger partial charge in [-0.1, -0.05) is 12.1 Å². The van der Waals surface area contributed by atoms with Gasteiger partial charge in [-0.15, -0.1) is 6.58 Å². The van der Waals surface area contributed by atoms with Crippen molar-refractivity contribution in [2.75, 3.05) is 0 Å². The van der Waals surface area contributed by atoms with Gasteiger partial charge in [0.1, 0.15) is 11.7 Å². The lowest BCUT2D eigenvalue weighted by Crippen LogP contribution is -2.40. The lowest BCUT2D eigenvalue weighted by atomic mass is 10.1. The second-order valence-electron chi connectivity index (χ2n) is 5.46. The molecule has 0 aliphatic rings. The normalized spacial score (nSPS) is 12.1. The van der Waals surface area contributed by atoms with E-state index in [1.54, 1.807) is 12.1 Å². The third-order valence-corrected chi connectivity index (χ3v) is 3.60. The van der Waals surface area contributed by atoms with Gasteiger partial charge in [0, 0.05) is 10.9 Å². The molecule has 5 heteroatoms. The van der Waals surface area contributed by atoms with Gasteiger partial charge >= 0.3 is 5.97 Å². The van der Waals surface area contributed by atoms with Crippen molar-refractivity contribution in [2.24, 2.45) is 0 Å². The number of aromatic nitrogens is 1. The zero-order valence-corrected chi connectivity index (χ0v) is 12.8. The van der Waals surface area contributed by atoms with Crippen molar-refractivity contribution in [2.45, 2.75) is 32.7 Å². The maximum atomic E-state index is 12.3. The summed E-state index contributed by atoms with van der Waals surface area (Å²) in [6.45, 7) is 7.53. The monoisotopic (exact) mass is 300 g/mol. The molecule has 1 unspecified atom stereocenters. The fraction of sp³-hybridized carbons (Fsp3) is 0.294. The van der Waals surface area contributed by atoms with E-state index in [0.717, 1.165) is 22.0 Å². The Morgan fingerprint density at radius 1 is 1.36 bits per heavy atom. The molecule has 0 saturated heterocycles. The number of amides is 1. The summed E-state index contributed by atoms with van der Waals surface area (Å²) in [5, 5.41) is 12.7. The van der Waals surface area contributed by atoms with Crippen LogP contribution in [0.5, 0.6) is 0 Å². The largest absolute Gasteiger partial charge is 0.480 e. The number of carboxylic acids is 1. The number of benzene rings is 1. The van der Waals surface area contributed by atoms with Crippen LogP contribution in [0.4, 0.5) is 0 Å². The van der Waals surface area contributed by atoms with Crippen LogP contribution in [0.25, 0.3) is 10.9 Å². The lowest BCUT2D eigenvalue weighted by molar-refractivity contribution is -0.139. The highest BCUT2D eigenvalue weighted by Crippen LogP contribution is 2.21. The summed E-state index contributed by atoms with van der Waals surface area (Å²) in [5.74, 6) is -1.46. The zero-order chi connectivity index (χ0) is 16.3. The van der Waals surface area contributed by atoms with E-state index in [4.69, 9.17) is 5.11 Å². The Labute approximate surface area is 129 Å². The summed E-state index contributed by atoms with van der Waals surface area (Å²) in [6, 6.07) is 4.85. The quantitative estimate of drug-likeness (QED) is 0.717. The number of carbonyl (C=O) groups excluding carboxylic acids is 1. The molecule has 1 aromatic heterocycles. The van der Waals surface area contributed by atoms with E-state index >= 15 is 0 Å². The van der Waals surface area contributed by atoms with Crippen LogP contribution in [0.1, 0.15) is 34.5 Å². The molecule has 116 valence electrons. The highest BCUT2D eigenvalue weighted by Gasteiger charge is 2.21. The number of hydrogen-bond donors (Lipinski definition) is 3. The van der Waals surface area contributed by atoms with Crippen molar-refractivity contribution in [3.8, 4) is 0 Å². The first-order valence-electron chi connectivity index (χ1n) is 7.17. The molecule has 0 radical (unpaired) electrons. The highest BCUT2D eigenvalue weighted by molar-refractivity contribution is 6.00. The third kappa shape index (κ3) is 3.36. The Bertz CT molecular complexity index is 731. The van der Waals surface area contributed by atoms with Gasteiger partial charge in [0.15, 0.2) is 0 Å². The smallest absolute Gasteiger partial charge is 0.326 e. The van der Waals surface area contributed by atoms with Gasteiger partial charge in [0.25, 0.3) is 5.91 Å². The summed E-state index contributed by atoms with van der Waals surface area (Å²) in [5.41, 5.74) is 3.43. The number of rotatable bonds is 6. The first kappa shape index (κ1) is 15.8. The Hall–Kier alpha value is -2.56. The molecule has 1 aromatic carbocycles. The number of fused-ring (bicyclic) bond motifs is 1. The van der Waals surface area contributed by atoms with Crippen LogP contribution in [-0.4, -0.2) is 28.0 Å². The first-order chi connectivity index (χ1) is 10.4. The number of H-pyrrole nitrogens is 1. The molecule has 1 atom stereocenters. The number of aryl methyl sites for hydroxylation is 2. The van der Waals surface area contributed by atoms with E-state index < -0.39 is 17.9 Å². The number of aromatic amines is 1. The van der Waals surface area contributed by atoms with Crippen molar-refractivity contribution in [3.63, 3.8) is 0 Å². The maximum absolute atomic E-state index is 12.3. The van der Waals surface area contributed by atoms with Gasteiger partial charge in [0.2, 0.25) is 0 Å². The second-order valence-corrected chi connectivity index (χ2v) is 5.46. The molecule has 3 N–H and O–H groups in total. The van der Waals surface area contributed by atoms with E-state index in [9.17, 15) is 9.59 Å². The Morgan fingerprint density at radius 3 is 2.73 bits per heavy atom. The van der Waals surface area contributed by atoms with E-state index in [2.05, 4.69) is 16.9 Å². The number of hydrogen-bond acceptors (Lipinski definition) is 2. The van der Waals surface area contributed by atoms with Crippen LogP contribution in [0.3, 0.4) is 0 Å². The van der Waals surface area contributed by atoms with Gasteiger partial charge in [-0.2, -0.15) is 0 Å². The van der Waals surface area contributed by atoms with E-state index in [1.165, 1.54) is 0 Å². The van der Waals surface area contributed by atoms with E-state index in [-0.39, 0.29) is 0 Å². The van der Waals surface area contributed by atoms with Crippen LogP contribution in [0, 0.1) is 13.8 Å². The summed E-state index contributed by atoms with van der Waals surface area (Å²) in [7, 11) is 0. The van der Waals surface area contributed by atoms with Crippen LogP contribution >= 0.6 is 0 Å². The van der Waals surface area contributed by atoms with Crippen molar-refractivity contribution < 1.29 is 14.7 Å². The minimum Gasteiger partial charge on any atom is -0.480 e. The van der Waals surface area contributed by atoms with Crippen molar-refractivity contribution in [1.29, 1.82) is 0 Å². The standard InChI is InChI=1S/C17H20N2O3/c1-4-5-6-13(17(21)22)19-16(20)15-9-12-11(3)7-10(2)8-14(12)18-15/h4,7-9,13,18H,1,5-6H2,2-3H3,(H,19,20)(H,21,22). The molecule has 0 spiro atoms. The zero-order valence-electron chi connectivity index (χ0n) is 12.8. The fourth-order valence-electron chi connectivity index (χ4n) is 2.50. The molecule has 1 amide bonds. The number of allylic oxidation sites excluding steroid dienone is 1. The number of aliphatic carboxylic acids is 1. The number of carbonyl (C=O) groups is 2. The molecule has 0 aliphatic heterocycles. The molecular weight excluding hydrogens is 280 g/mol. The molecule has 22 heavy (non-hydrogen) atoms. The Balaban J connectivity index is 2.23. The second kappa shape index (κ2) is 6.47. The molecule has 2 aromatic rings. The number of carboxylic acid groups (broad SMARTS) is 1. The van der Waals surface area contributed by atoms with Gasteiger partial charge in [0.05, 0.1) is 0 Å². The van der Waals surface area contributed by atoms with Crippen molar-refractivity contribution in [3.05, 3.63) is 47.7 Å². The van der Waals surface area contributed by atoms with Gasteiger partial charge in [-0.05, 0) is 49.9 Å². The predicted octanol–water partition coefficient (Wildman–Crippen LogP) is 2.93.